The summed E-state index contributed by atoms with van der Waals surface area (Å²) in [5.74, 6) is 1.49. The first kappa shape index (κ1) is 19.9. The Kier molecular flexibility index (Phi) is 5.06. The van der Waals surface area contributed by atoms with E-state index in [1.165, 1.54) is 0 Å². The summed E-state index contributed by atoms with van der Waals surface area (Å²) < 4.78 is 11.2. The lowest BCUT2D eigenvalue weighted by atomic mass is 9.72. The third kappa shape index (κ3) is 3.53. The number of nitrogens with one attached hydrogen (secondary N) is 1. The van der Waals surface area contributed by atoms with Crippen molar-refractivity contribution in [1.82, 2.24) is 5.16 Å². The highest BCUT2D eigenvalue weighted by molar-refractivity contribution is 6.30. The number of benzene rings is 2. The minimum atomic E-state index is -0.202. The van der Waals surface area contributed by atoms with E-state index in [1.54, 1.807) is 0 Å². The van der Waals surface area contributed by atoms with Crippen molar-refractivity contribution in [3.8, 4) is 5.75 Å². The van der Waals surface area contributed by atoms with Gasteiger partial charge in [0.25, 0.3) is 0 Å². The van der Waals surface area contributed by atoms with Crippen LogP contribution in [0.15, 0.2) is 64.3 Å². The number of ether oxygens (including phenoxy) is 1. The molecule has 0 fully saturated rings. The Morgan fingerprint density at radius 2 is 1.81 bits per heavy atom. The number of ketones is 1. The standard InChI is InChI=1S/C25H23ClN2O3/c1-3-30-19-10-6-16(7-11-19)23-22-14(2)28-31-25(22)27-20-12-17(13-21(29)24(20)23)15-4-8-18(26)9-5-15/h4-11,17,23,27H,3,12-13H2,1-2H3/t17-,23+/m1/s1. The van der Waals surface area contributed by atoms with Gasteiger partial charge < -0.3 is 14.6 Å². The second-order valence-electron chi connectivity index (χ2n) is 8.04. The van der Waals surface area contributed by atoms with Crippen molar-refractivity contribution < 1.29 is 14.1 Å². The molecular weight excluding hydrogens is 412 g/mol. The minimum absolute atomic E-state index is 0.0996. The average Bonchev–Trinajstić information content (AvgIpc) is 3.14. The SMILES string of the molecule is CCOc1ccc([C@@H]2C3=C(C[C@@H](c4ccc(Cl)cc4)CC3=O)Nc3onc(C)c32)cc1. The normalized spacial score (nSPS) is 20.2. The van der Waals surface area contributed by atoms with Gasteiger partial charge in [-0.05, 0) is 61.6 Å². The zero-order valence-corrected chi connectivity index (χ0v) is 18.2. The molecule has 5 nitrogen and oxygen atoms in total. The van der Waals surface area contributed by atoms with Gasteiger partial charge in [-0.15, -0.1) is 0 Å². The average molecular weight is 435 g/mol. The zero-order valence-electron chi connectivity index (χ0n) is 17.4. The number of fused-ring (bicyclic) bond motifs is 1. The first-order valence-electron chi connectivity index (χ1n) is 10.5. The molecule has 6 heteroatoms. The van der Waals surface area contributed by atoms with Gasteiger partial charge in [-0.1, -0.05) is 41.0 Å². The van der Waals surface area contributed by atoms with Crippen LogP contribution in [0.25, 0.3) is 0 Å². The quantitative estimate of drug-likeness (QED) is 0.546. The summed E-state index contributed by atoms with van der Waals surface area (Å²) in [5, 5.41) is 8.24. The molecule has 158 valence electrons. The molecule has 0 radical (unpaired) electrons. The molecule has 1 aliphatic carbocycles. The van der Waals surface area contributed by atoms with Crippen molar-refractivity contribution in [2.24, 2.45) is 0 Å². The van der Waals surface area contributed by atoms with Crippen molar-refractivity contribution >= 4 is 23.3 Å². The number of hydrogen-bond acceptors (Lipinski definition) is 5. The number of aryl methyl sites for hydroxylation is 1. The molecule has 1 aliphatic heterocycles. The number of nitrogens with zero attached hydrogens (tertiary/aromatic N) is 1. The van der Waals surface area contributed by atoms with Gasteiger partial charge in [0, 0.05) is 28.6 Å². The topological polar surface area (TPSA) is 64.4 Å². The number of rotatable bonds is 4. The monoisotopic (exact) mass is 434 g/mol. The molecule has 2 aromatic carbocycles. The molecule has 31 heavy (non-hydrogen) atoms. The number of carbonyl (C=O) groups excluding carboxylic acids is 1. The molecule has 3 aromatic rings. The fourth-order valence-corrected chi connectivity index (χ4v) is 4.83. The predicted octanol–water partition coefficient (Wildman–Crippen LogP) is 5.99. The van der Waals surface area contributed by atoms with E-state index in [4.69, 9.17) is 20.9 Å². The molecule has 2 aliphatic rings. The fourth-order valence-electron chi connectivity index (χ4n) is 4.70. The molecule has 0 saturated heterocycles. The number of hydrogen-bond donors (Lipinski definition) is 1. The Bertz CT molecular complexity index is 1160. The van der Waals surface area contributed by atoms with Crippen molar-refractivity contribution in [3.63, 3.8) is 0 Å². The molecule has 5 rings (SSSR count). The molecule has 0 spiro atoms. The number of halogens is 1. The maximum Gasteiger partial charge on any atom is 0.233 e. The number of allylic oxidation sites excluding steroid dienone is 2. The van der Waals surface area contributed by atoms with Crippen LogP contribution in [0.4, 0.5) is 5.88 Å². The van der Waals surface area contributed by atoms with Gasteiger partial charge in [0.15, 0.2) is 5.78 Å². The number of aromatic nitrogens is 1. The largest absolute Gasteiger partial charge is 0.494 e. The predicted molar refractivity (Wildman–Crippen MR) is 120 cm³/mol. The van der Waals surface area contributed by atoms with E-state index in [9.17, 15) is 4.79 Å². The molecule has 0 amide bonds. The third-order valence-electron chi connectivity index (χ3n) is 6.12. The van der Waals surface area contributed by atoms with Gasteiger partial charge in [-0.3, -0.25) is 4.79 Å². The van der Waals surface area contributed by atoms with E-state index in [0.717, 1.165) is 45.8 Å². The van der Waals surface area contributed by atoms with Crippen molar-refractivity contribution in [2.45, 2.75) is 38.5 Å². The van der Waals surface area contributed by atoms with Gasteiger partial charge in [0.05, 0.1) is 17.9 Å². The minimum Gasteiger partial charge on any atom is -0.494 e. The molecule has 0 bridgehead atoms. The van der Waals surface area contributed by atoms with Gasteiger partial charge in [-0.2, -0.15) is 0 Å². The summed E-state index contributed by atoms with van der Waals surface area (Å²) in [4.78, 5) is 13.5. The van der Waals surface area contributed by atoms with E-state index in [-0.39, 0.29) is 17.6 Å². The summed E-state index contributed by atoms with van der Waals surface area (Å²) in [6.45, 7) is 4.49. The number of Topliss-reactive ketones (excluding diaryl/α,β-unsaturated/α-hetero) is 1. The molecular formula is C25H23ClN2O3. The van der Waals surface area contributed by atoms with Crippen LogP contribution >= 0.6 is 11.6 Å². The lowest BCUT2D eigenvalue weighted by Crippen LogP contribution is -2.29. The van der Waals surface area contributed by atoms with Gasteiger partial charge >= 0.3 is 0 Å². The Morgan fingerprint density at radius 1 is 1.10 bits per heavy atom. The third-order valence-corrected chi connectivity index (χ3v) is 6.38. The second kappa shape index (κ2) is 7.89. The van der Waals surface area contributed by atoms with Crippen LogP contribution in [0, 0.1) is 6.92 Å². The summed E-state index contributed by atoms with van der Waals surface area (Å²) in [5.41, 5.74) is 5.60. The lowest BCUT2D eigenvalue weighted by Gasteiger charge is -2.34. The van der Waals surface area contributed by atoms with Crippen molar-refractivity contribution in [3.05, 3.63) is 87.2 Å². The summed E-state index contributed by atoms with van der Waals surface area (Å²) in [7, 11) is 0. The van der Waals surface area contributed by atoms with E-state index < -0.39 is 0 Å². The Morgan fingerprint density at radius 3 is 2.52 bits per heavy atom. The Labute approximate surface area is 186 Å². The highest BCUT2D eigenvalue weighted by Gasteiger charge is 2.41. The van der Waals surface area contributed by atoms with E-state index >= 15 is 0 Å². The summed E-state index contributed by atoms with van der Waals surface area (Å²) >= 11 is 6.05. The molecule has 2 heterocycles. The smallest absolute Gasteiger partial charge is 0.233 e. The van der Waals surface area contributed by atoms with Gasteiger partial charge in [0.2, 0.25) is 5.88 Å². The van der Waals surface area contributed by atoms with Crippen LogP contribution in [-0.2, 0) is 4.79 Å². The Hall–Kier alpha value is -3.05. The lowest BCUT2D eigenvalue weighted by molar-refractivity contribution is -0.116. The van der Waals surface area contributed by atoms with Crippen LogP contribution in [-0.4, -0.2) is 17.5 Å². The van der Waals surface area contributed by atoms with Crippen LogP contribution in [0.3, 0.4) is 0 Å². The number of carbonyl (C=O) groups is 1. The first-order chi connectivity index (χ1) is 15.0. The highest BCUT2D eigenvalue weighted by atomic mass is 35.5. The van der Waals surface area contributed by atoms with Crippen LogP contribution in [0.1, 0.15) is 54.0 Å². The van der Waals surface area contributed by atoms with Gasteiger partial charge in [-0.25, -0.2) is 0 Å². The maximum absolute atomic E-state index is 13.5. The van der Waals surface area contributed by atoms with Crippen LogP contribution in [0.2, 0.25) is 5.02 Å². The van der Waals surface area contributed by atoms with Crippen molar-refractivity contribution in [2.75, 3.05) is 11.9 Å². The molecule has 2 atom stereocenters. The van der Waals surface area contributed by atoms with E-state index in [1.807, 2.05) is 62.4 Å². The molecule has 1 N–H and O–H groups in total. The highest BCUT2D eigenvalue weighted by Crippen LogP contribution is 2.49. The zero-order chi connectivity index (χ0) is 21.5. The van der Waals surface area contributed by atoms with E-state index in [0.29, 0.717) is 23.9 Å². The second-order valence-corrected chi connectivity index (χ2v) is 8.48. The van der Waals surface area contributed by atoms with Crippen molar-refractivity contribution in [1.29, 1.82) is 0 Å². The van der Waals surface area contributed by atoms with Crippen LogP contribution < -0.4 is 10.1 Å². The Balaban J connectivity index is 1.57. The van der Waals surface area contributed by atoms with E-state index in [2.05, 4.69) is 10.5 Å². The fraction of sp³-hybridized carbons (Fsp3) is 0.280. The molecule has 0 unspecified atom stereocenters. The summed E-state index contributed by atoms with van der Waals surface area (Å²) in [6.07, 6.45) is 1.20. The number of anilines is 1. The molecule has 1 aromatic heterocycles. The van der Waals surface area contributed by atoms with Crippen LogP contribution in [0.5, 0.6) is 5.75 Å². The summed E-state index contributed by atoms with van der Waals surface area (Å²) in [6, 6.07) is 15.7. The first-order valence-corrected chi connectivity index (χ1v) is 10.9. The molecule has 0 saturated carbocycles. The maximum atomic E-state index is 13.5. The van der Waals surface area contributed by atoms with Gasteiger partial charge in [0.1, 0.15) is 5.75 Å².